The molecule has 2 amide bonds. The number of benzene rings is 1. The Labute approximate surface area is 124 Å². The first-order chi connectivity index (χ1) is 9.69. The number of carbonyl (C=O) groups excluding carboxylic acids is 2. The van der Waals surface area contributed by atoms with Gasteiger partial charge in [0.1, 0.15) is 5.40 Å². The molecule has 0 bridgehead atoms. The van der Waals surface area contributed by atoms with E-state index >= 15 is 0 Å². The number of thiocyanates is 1. The zero-order chi connectivity index (χ0) is 14.4. The predicted octanol–water partition coefficient (Wildman–Crippen LogP) is 1.42. The first-order valence-electron chi connectivity index (χ1n) is 5.64. The van der Waals surface area contributed by atoms with E-state index in [-0.39, 0.29) is 0 Å². The second-order valence-electron chi connectivity index (χ2n) is 3.66. The van der Waals surface area contributed by atoms with Crippen molar-refractivity contribution in [2.75, 3.05) is 17.6 Å². The molecule has 0 saturated heterocycles. The highest BCUT2D eigenvalue weighted by atomic mass is 32.2. The van der Waals surface area contributed by atoms with Gasteiger partial charge in [-0.2, -0.15) is 5.26 Å². The second kappa shape index (κ2) is 6.98. The lowest BCUT2D eigenvalue weighted by Gasteiger charge is -2.06. The maximum atomic E-state index is 11.7. The Morgan fingerprint density at radius 1 is 1.25 bits per heavy atom. The van der Waals surface area contributed by atoms with Gasteiger partial charge in [0.15, 0.2) is 5.17 Å². The third-order valence-corrected chi connectivity index (χ3v) is 3.78. The van der Waals surface area contributed by atoms with Crippen molar-refractivity contribution in [2.24, 2.45) is 4.99 Å². The lowest BCUT2D eigenvalue weighted by molar-refractivity contribution is -0.135. The molecule has 0 unspecified atom stereocenters. The molecule has 20 heavy (non-hydrogen) atoms. The van der Waals surface area contributed by atoms with Crippen LogP contribution in [0.2, 0.25) is 0 Å². The Hall–Kier alpha value is -1.98. The topological polar surface area (TPSA) is 94.4 Å². The van der Waals surface area contributed by atoms with Crippen LogP contribution in [0.15, 0.2) is 34.2 Å². The van der Waals surface area contributed by atoms with Gasteiger partial charge in [0, 0.05) is 16.3 Å². The highest BCUT2D eigenvalue weighted by Gasteiger charge is 2.17. The number of nitriles is 1. The largest absolute Gasteiger partial charge is 0.318 e. The Morgan fingerprint density at radius 2 is 1.95 bits per heavy atom. The molecule has 0 aliphatic carbocycles. The van der Waals surface area contributed by atoms with Gasteiger partial charge >= 0.3 is 11.8 Å². The predicted molar refractivity (Wildman–Crippen MR) is 79.4 cm³/mol. The van der Waals surface area contributed by atoms with Gasteiger partial charge in [-0.3, -0.25) is 19.9 Å². The summed E-state index contributed by atoms with van der Waals surface area (Å²) in [5.41, 5.74) is 0.494. The summed E-state index contributed by atoms with van der Waals surface area (Å²) < 4.78 is 0. The van der Waals surface area contributed by atoms with Crippen LogP contribution in [0.5, 0.6) is 0 Å². The minimum atomic E-state index is -0.749. The summed E-state index contributed by atoms with van der Waals surface area (Å²) in [6.45, 7) is 0.653. The highest BCUT2D eigenvalue weighted by molar-refractivity contribution is 8.14. The molecule has 1 aromatic rings. The third kappa shape index (κ3) is 4.01. The minimum Gasteiger partial charge on any atom is -0.318 e. The van der Waals surface area contributed by atoms with Gasteiger partial charge in [-0.15, -0.1) is 0 Å². The molecule has 0 radical (unpaired) electrons. The zero-order valence-corrected chi connectivity index (χ0v) is 11.9. The smallest absolute Gasteiger partial charge is 0.315 e. The Kier molecular flexibility index (Phi) is 5.03. The number of nitrogens with one attached hydrogen (secondary N) is 2. The molecule has 2 rings (SSSR count). The lowest BCUT2D eigenvalue weighted by Crippen LogP contribution is -2.37. The standard InChI is InChI=1S/C12H10N4O2S2/c13-7-20-9-3-1-8(2-4-9)15-10(17)11(18)16-12-14-5-6-19-12/h1-4H,5-6H2,(H,15,17)(H,14,16,18). The van der Waals surface area contributed by atoms with Gasteiger partial charge in [-0.1, -0.05) is 11.8 Å². The SMILES string of the molecule is N#CSc1ccc(NC(=O)C(=O)NC2=NCCS2)cc1. The van der Waals surface area contributed by atoms with Crippen LogP contribution in [-0.2, 0) is 9.59 Å². The first kappa shape index (κ1) is 14.4. The molecule has 1 aliphatic heterocycles. The normalized spacial score (nSPS) is 13.2. The Balaban J connectivity index is 1.90. The fourth-order valence-electron chi connectivity index (χ4n) is 1.41. The van der Waals surface area contributed by atoms with Crippen LogP contribution in [0, 0.1) is 10.7 Å². The molecule has 0 saturated carbocycles. The van der Waals surface area contributed by atoms with Gasteiger partial charge in [-0.05, 0) is 36.0 Å². The van der Waals surface area contributed by atoms with E-state index in [0.29, 0.717) is 17.4 Å². The van der Waals surface area contributed by atoms with Crippen molar-refractivity contribution in [3.05, 3.63) is 24.3 Å². The molecule has 102 valence electrons. The number of nitrogens with zero attached hydrogens (tertiary/aromatic N) is 2. The molecule has 0 fully saturated rings. The van der Waals surface area contributed by atoms with E-state index < -0.39 is 11.8 Å². The first-order valence-corrected chi connectivity index (χ1v) is 7.45. The minimum absolute atomic E-state index is 0.478. The summed E-state index contributed by atoms with van der Waals surface area (Å²) in [6, 6.07) is 6.65. The van der Waals surface area contributed by atoms with Crippen LogP contribution < -0.4 is 10.6 Å². The van der Waals surface area contributed by atoms with Crippen molar-refractivity contribution >= 4 is 46.2 Å². The van der Waals surface area contributed by atoms with Crippen LogP contribution >= 0.6 is 23.5 Å². The van der Waals surface area contributed by atoms with E-state index in [1.54, 1.807) is 24.3 Å². The summed E-state index contributed by atoms with van der Waals surface area (Å²) in [4.78, 5) is 28.1. The number of hydrogen-bond donors (Lipinski definition) is 2. The molecule has 8 heteroatoms. The molecule has 0 spiro atoms. The van der Waals surface area contributed by atoms with Crippen LogP contribution in [-0.4, -0.2) is 29.3 Å². The van der Waals surface area contributed by atoms with Crippen LogP contribution in [0.1, 0.15) is 0 Å². The van der Waals surface area contributed by atoms with Gasteiger partial charge in [0.2, 0.25) is 0 Å². The van der Waals surface area contributed by atoms with Crippen LogP contribution in [0.3, 0.4) is 0 Å². The molecule has 0 aromatic heterocycles. The zero-order valence-electron chi connectivity index (χ0n) is 10.3. The van der Waals surface area contributed by atoms with E-state index in [0.717, 1.165) is 22.4 Å². The van der Waals surface area contributed by atoms with E-state index in [2.05, 4.69) is 15.6 Å². The van der Waals surface area contributed by atoms with E-state index in [4.69, 9.17) is 5.26 Å². The fourth-order valence-corrected chi connectivity index (χ4v) is 2.51. The summed E-state index contributed by atoms with van der Waals surface area (Å²) >= 11 is 2.43. The molecular weight excluding hydrogens is 296 g/mol. The maximum absolute atomic E-state index is 11.7. The Bertz CT molecular complexity index is 592. The number of thioether (sulfide) groups is 2. The number of amides is 2. The maximum Gasteiger partial charge on any atom is 0.315 e. The molecule has 1 heterocycles. The van der Waals surface area contributed by atoms with E-state index in [1.165, 1.54) is 11.8 Å². The number of carbonyl (C=O) groups is 2. The summed E-state index contributed by atoms with van der Waals surface area (Å²) in [7, 11) is 0. The van der Waals surface area contributed by atoms with Crippen molar-refractivity contribution < 1.29 is 9.59 Å². The van der Waals surface area contributed by atoms with Gasteiger partial charge in [0.25, 0.3) is 0 Å². The van der Waals surface area contributed by atoms with E-state index in [1.807, 2.05) is 5.40 Å². The molecule has 1 aliphatic rings. The third-order valence-electron chi connectivity index (χ3n) is 2.29. The number of rotatable bonds is 2. The lowest BCUT2D eigenvalue weighted by atomic mass is 10.3. The molecule has 1 aromatic carbocycles. The summed E-state index contributed by atoms with van der Waals surface area (Å²) in [6.07, 6.45) is 0. The second-order valence-corrected chi connectivity index (χ2v) is 5.60. The van der Waals surface area contributed by atoms with Crippen LogP contribution in [0.25, 0.3) is 0 Å². The number of amidine groups is 1. The Morgan fingerprint density at radius 3 is 2.55 bits per heavy atom. The van der Waals surface area contributed by atoms with Crippen molar-refractivity contribution in [3.8, 4) is 5.40 Å². The highest BCUT2D eigenvalue weighted by Crippen LogP contribution is 2.18. The van der Waals surface area contributed by atoms with Gasteiger partial charge < -0.3 is 5.32 Å². The van der Waals surface area contributed by atoms with Crippen molar-refractivity contribution in [1.82, 2.24) is 5.32 Å². The van der Waals surface area contributed by atoms with Crippen LogP contribution in [0.4, 0.5) is 5.69 Å². The molecule has 2 N–H and O–H groups in total. The summed E-state index contributed by atoms with van der Waals surface area (Å²) in [5, 5.41) is 15.9. The van der Waals surface area contributed by atoms with Gasteiger partial charge in [-0.25, -0.2) is 0 Å². The monoisotopic (exact) mass is 306 g/mol. The molecular formula is C12H10N4O2S2. The number of anilines is 1. The quantitative estimate of drug-likeness (QED) is 0.489. The van der Waals surface area contributed by atoms with Crippen molar-refractivity contribution in [2.45, 2.75) is 4.90 Å². The van der Waals surface area contributed by atoms with E-state index in [9.17, 15) is 9.59 Å². The number of aliphatic imine (C=N–C) groups is 1. The average molecular weight is 306 g/mol. The van der Waals surface area contributed by atoms with Crippen molar-refractivity contribution in [1.29, 1.82) is 5.26 Å². The fraction of sp³-hybridized carbons (Fsp3) is 0.167. The molecule has 0 atom stereocenters. The molecule has 6 nitrogen and oxygen atoms in total. The number of hydrogen-bond acceptors (Lipinski definition) is 6. The summed E-state index contributed by atoms with van der Waals surface area (Å²) in [5.74, 6) is -0.676. The average Bonchev–Trinajstić information content (AvgIpc) is 2.94. The van der Waals surface area contributed by atoms with Gasteiger partial charge in [0.05, 0.1) is 6.54 Å². The van der Waals surface area contributed by atoms with Crippen molar-refractivity contribution in [3.63, 3.8) is 0 Å².